The molecule has 3 amide bonds. The molecule has 0 radical (unpaired) electrons. The average molecular weight is 537 g/mol. The van der Waals surface area contributed by atoms with E-state index in [1.54, 1.807) is 48.5 Å². The third-order valence-electron chi connectivity index (χ3n) is 7.17. The fourth-order valence-corrected chi connectivity index (χ4v) is 5.34. The summed E-state index contributed by atoms with van der Waals surface area (Å²) in [6.45, 7) is -0.513. The van der Waals surface area contributed by atoms with Crippen LogP contribution in [0.4, 0.5) is 4.79 Å². The molecule has 5 rings (SSSR count). The Morgan fingerprint density at radius 3 is 2.31 bits per heavy atom. The van der Waals surface area contributed by atoms with Gasteiger partial charge in [0.05, 0.1) is 19.7 Å². The van der Waals surface area contributed by atoms with E-state index in [1.165, 1.54) is 17.0 Å². The number of nitrogens with one attached hydrogen (secondary N) is 2. The van der Waals surface area contributed by atoms with E-state index in [1.807, 2.05) is 0 Å². The Hall–Kier alpha value is -4.69. The number of methoxy groups -OCH3 is 1. The van der Waals surface area contributed by atoms with Crippen molar-refractivity contribution in [2.75, 3.05) is 20.2 Å². The zero-order chi connectivity index (χ0) is 27.9. The highest BCUT2D eigenvalue weighted by molar-refractivity contribution is 6.03. The number of carbonyl (C=O) groups excluding carboxylic acids is 3. The Morgan fingerprint density at radius 1 is 1.08 bits per heavy atom. The number of rotatable bonds is 5. The first-order valence-electron chi connectivity index (χ1n) is 12.1. The summed E-state index contributed by atoms with van der Waals surface area (Å²) in [5.41, 5.74) is 11.0. The van der Waals surface area contributed by atoms with Gasteiger partial charge < -0.3 is 42.0 Å². The molecule has 14 nitrogen and oxygen atoms in total. The van der Waals surface area contributed by atoms with Crippen molar-refractivity contribution in [1.29, 1.82) is 0 Å². The van der Waals surface area contributed by atoms with Gasteiger partial charge in [0, 0.05) is 17.7 Å². The molecular weight excluding hydrogens is 508 g/mol. The Kier molecular flexibility index (Phi) is 6.36. The first-order valence-corrected chi connectivity index (χ1v) is 12.1. The minimum Gasteiger partial charge on any atom is -0.452 e. The summed E-state index contributed by atoms with van der Waals surface area (Å²) in [6, 6.07) is 12.9. The van der Waals surface area contributed by atoms with E-state index in [0.29, 0.717) is 5.56 Å². The number of hydrogen-bond donors (Lipinski definition) is 6. The van der Waals surface area contributed by atoms with Gasteiger partial charge in [0.1, 0.15) is 12.1 Å². The highest BCUT2D eigenvalue weighted by Gasteiger charge is 2.73. The lowest BCUT2D eigenvalue weighted by Gasteiger charge is -2.49. The molecule has 0 aliphatic carbocycles. The second kappa shape index (κ2) is 9.56. The summed E-state index contributed by atoms with van der Waals surface area (Å²) in [5, 5.41) is 28.6. The quantitative estimate of drug-likeness (QED) is 0.240. The van der Waals surface area contributed by atoms with E-state index >= 15 is 0 Å². The first-order chi connectivity index (χ1) is 18.6. The Bertz CT molecular complexity index is 1350. The SMILES string of the molecule is COC(=O)N(CC1N=C(N)N2CC(NC(=O)c3ccccc3)C(O)(O)[C@@]23NC(N)=N[C@@H]13)C(=O)c1ccccc1. The molecule has 2 aromatic carbocycles. The van der Waals surface area contributed by atoms with Gasteiger partial charge >= 0.3 is 6.09 Å². The number of amides is 3. The molecule has 1 fully saturated rings. The van der Waals surface area contributed by atoms with Crippen molar-refractivity contribution in [3.05, 3.63) is 71.8 Å². The van der Waals surface area contributed by atoms with Gasteiger partial charge in [-0.15, -0.1) is 0 Å². The van der Waals surface area contributed by atoms with Crippen molar-refractivity contribution in [1.82, 2.24) is 20.4 Å². The van der Waals surface area contributed by atoms with E-state index in [2.05, 4.69) is 20.6 Å². The second-order valence-electron chi connectivity index (χ2n) is 9.39. The van der Waals surface area contributed by atoms with Gasteiger partial charge in [-0.05, 0) is 24.3 Å². The number of carbonyl (C=O) groups is 3. The predicted octanol–water partition coefficient (Wildman–Crippen LogP) is -1.63. The topological polar surface area (TPSA) is 208 Å². The molecule has 8 N–H and O–H groups in total. The fourth-order valence-electron chi connectivity index (χ4n) is 5.34. The first kappa shape index (κ1) is 25.9. The molecule has 1 saturated heterocycles. The fraction of sp³-hybridized carbons (Fsp3) is 0.320. The van der Waals surface area contributed by atoms with Crippen molar-refractivity contribution >= 4 is 29.8 Å². The number of ether oxygens (including phenoxy) is 1. The van der Waals surface area contributed by atoms with Crippen LogP contribution < -0.4 is 22.1 Å². The van der Waals surface area contributed by atoms with Crippen LogP contribution in [0.1, 0.15) is 20.7 Å². The number of aliphatic hydroxyl groups is 2. The van der Waals surface area contributed by atoms with E-state index in [-0.39, 0.29) is 30.6 Å². The molecule has 2 aromatic rings. The molecule has 0 saturated carbocycles. The highest BCUT2D eigenvalue weighted by Crippen LogP contribution is 2.45. The number of guanidine groups is 2. The summed E-state index contributed by atoms with van der Waals surface area (Å²) in [6.07, 6.45) is -0.948. The van der Waals surface area contributed by atoms with Crippen LogP contribution in [0.5, 0.6) is 0 Å². The van der Waals surface area contributed by atoms with Gasteiger partial charge in [0.25, 0.3) is 11.8 Å². The molecule has 3 aliphatic heterocycles. The lowest BCUT2D eigenvalue weighted by molar-refractivity contribution is -0.230. The van der Waals surface area contributed by atoms with Crippen LogP contribution in [0.2, 0.25) is 0 Å². The Morgan fingerprint density at radius 2 is 1.69 bits per heavy atom. The molecule has 1 spiro atoms. The number of benzene rings is 2. The van der Waals surface area contributed by atoms with E-state index in [4.69, 9.17) is 16.2 Å². The van der Waals surface area contributed by atoms with Gasteiger partial charge in [0.2, 0.25) is 5.79 Å². The maximum atomic E-state index is 13.2. The number of hydrogen-bond acceptors (Lipinski definition) is 12. The standard InChI is InChI=1S/C25H28N8O6/c1-39-23(36)32(20(35)15-10-6-3-7-11-15)12-16-18-24(31-21(26)30-18)25(37,38)17(13-33(24)22(27)28-16)29-19(34)14-8-4-2-5-9-14/h2-11,16-18,37-38H,12-13H2,1H3,(H2,27,28)(H,29,34)(H3,26,30,31)/t16?,17?,18-,24-/m0/s1. The number of imide groups is 1. The third kappa shape index (κ3) is 4.09. The van der Waals surface area contributed by atoms with Crippen LogP contribution in [0.25, 0.3) is 0 Å². The summed E-state index contributed by atoms with van der Waals surface area (Å²) >= 11 is 0. The minimum absolute atomic E-state index is 0.130. The summed E-state index contributed by atoms with van der Waals surface area (Å²) in [7, 11) is 1.13. The van der Waals surface area contributed by atoms with Gasteiger partial charge in [0.15, 0.2) is 17.6 Å². The van der Waals surface area contributed by atoms with Crippen molar-refractivity contribution in [2.24, 2.45) is 21.5 Å². The van der Waals surface area contributed by atoms with Crippen LogP contribution in [-0.2, 0) is 4.74 Å². The molecule has 0 bridgehead atoms. The molecule has 14 heteroatoms. The van der Waals surface area contributed by atoms with Gasteiger partial charge in [-0.25, -0.2) is 19.7 Å². The molecule has 204 valence electrons. The maximum Gasteiger partial charge on any atom is 0.416 e. The van der Waals surface area contributed by atoms with Gasteiger partial charge in [-0.3, -0.25) is 9.59 Å². The monoisotopic (exact) mass is 536 g/mol. The van der Waals surface area contributed by atoms with Crippen LogP contribution in [-0.4, -0.2) is 99.6 Å². The van der Waals surface area contributed by atoms with Crippen LogP contribution in [0.15, 0.2) is 70.6 Å². The predicted molar refractivity (Wildman–Crippen MR) is 138 cm³/mol. The van der Waals surface area contributed by atoms with Crippen LogP contribution in [0, 0.1) is 0 Å². The third-order valence-corrected chi connectivity index (χ3v) is 7.17. The summed E-state index contributed by atoms with van der Waals surface area (Å²) in [5.74, 6) is -4.14. The zero-order valence-corrected chi connectivity index (χ0v) is 20.9. The molecule has 0 aromatic heterocycles. The van der Waals surface area contributed by atoms with Gasteiger partial charge in [-0.1, -0.05) is 36.4 Å². The number of nitrogens with zero attached hydrogens (tertiary/aromatic N) is 4. The van der Waals surface area contributed by atoms with Crippen molar-refractivity contribution in [2.45, 2.75) is 29.6 Å². The molecule has 4 atom stereocenters. The lowest BCUT2D eigenvalue weighted by atomic mass is 9.84. The number of nitrogens with two attached hydrogens (primary N) is 2. The molecule has 2 unspecified atom stereocenters. The van der Waals surface area contributed by atoms with Crippen LogP contribution >= 0.6 is 0 Å². The smallest absolute Gasteiger partial charge is 0.416 e. The second-order valence-corrected chi connectivity index (χ2v) is 9.39. The molecule has 39 heavy (non-hydrogen) atoms. The summed E-state index contributed by atoms with van der Waals surface area (Å²) < 4.78 is 4.84. The Labute approximate surface area is 222 Å². The van der Waals surface area contributed by atoms with Gasteiger partial charge in [-0.2, -0.15) is 0 Å². The summed E-state index contributed by atoms with van der Waals surface area (Å²) in [4.78, 5) is 49.8. The normalized spacial score (nSPS) is 26.3. The highest BCUT2D eigenvalue weighted by atomic mass is 16.5. The number of aliphatic imine (C=N–C) groups is 2. The Balaban J connectivity index is 1.48. The lowest BCUT2D eigenvalue weighted by Crippen LogP contribution is -2.78. The van der Waals surface area contributed by atoms with Crippen molar-refractivity contribution < 1.29 is 29.3 Å². The van der Waals surface area contributed by atoms with Crippen molar-refractivity contribution in [3.8, 4) is 0 Å². The zero-order valence-electron chi connectivity index (χ0n) is 20.9. The maximum absolute atomic E-state index is 13.2. The van der Waals surface area contributed by atoms with E-state index < -0.39 is 47.5 Å². The largest absolute Gasteiger partial charge is 0.452 e. The molecule has 3 heterocycles. The molecule has 3 aliphatic rings. The van der Waals surface area contributed by atoms with E-state index in [9.17, 15) is 24.6 Å². The van der Waals surface area contributed by atoms with E-state index in [0.717, 1.165) is 12.0 Å². The molecular formula is C25H28N8O6. The van der Waals surface area contributed by atoms with Crippen LogP contribution in [0.3, 0.4) is 0 Å². The average Bonchev–Trinajstić information content (AvgIpc) is 3.41. The minimum atomic E-state index is -2.68. The van der Waals surface area contributed by atoms with Crippen molar-refractivity contribution in [3.63, 3.8) is 0 Å².